The van der Waals surface area contributed by atoms with Crippen molar-refractivity contribution in [3.05, 3.63) is 83.1 Å². The molecule has 176 valence electrons. The molecule has 0 saturated heterocycles. The number of rotatable bonds is 6. The zero-order chi connectivity index (χ0) is 24.6. The van der Waals surface area contributed by atoms with Gasteiger partial charge in [-0.3, -0.25) is 0 Å². The average Bonchev–Trinajstić information content (AvgIpc) is 2.88. The molecule has 0 aromatic heterocycles. The molecule has 2 aliphatic rings. The van der Waals surface area contributed by atoms with Crippen LogP contribution in [0.5, 0.6) is 0 Å². The highest BCUT2D eigenvalue weighted by Crippen LogP contribution is 2.32. The van der Waals surface area contributed by atoms with Crippen molar-refractivity contribution in [2.45, 2.75) is 18.7 Å². The Balaban J connectivity index is 1.76. The lowest BCUT2D eigenvalue weighted by Gasteiger charge is -2.21. The van der Waals surface area contributed by atoms with Crippen molar-refractivity contribution in [1.29, 1.82) is 0 Å². The van der Waals surface area contributed by atoms with Crippen molar-refractivity contribution < 1.29 is 12.8 Å². The van der Waals surface area contributed by atoms with Crippen LogP contribution < -0.4 is 10.3 Å². The van der Waals surface area contributed by atoms with E-state index in [2.05, 4.69) is 28.3 Å². The number of nitroso groups, excluding NO2 is 1. The Labute approximate surface area is 201 Å². The maximum absolute atomic E-state index is 13.1. The highest BCUT2D eigenvalue weighted by Gasteiger charge is 2.18. The largest absolute Gasteiger partial charge is 0.453 e. The van der Waals surface area contributed by atoms with Crippen LogP contribution in [0, 0.1) is 4.91 Å². The minimum absolute atomic E-state index is 0.0356. The molecular formula is C26H22N4O4S. The molecule has 9 heteroatoms. The SMILES string of the molecule is CCN(CC)c1ccc2nc3c4ccccc4c(=NS(=O)(=O)c4ccc(N=O)cc4)cc-3oc2c1. The summed E-state index contributed by atoms with van der Waals surface area (Å²) in [6.45, 7) is 5.90. The van der Waals surface area contributed by atoms with Crippen molar-refractivity contribution in [3.8, 4) is 11.5 Å². The van der Waals surface area contributed by atoms with Gasteiger partial charge in [0.15, 0.2) is 11.3 Å². The molecule has 0 saturated carbocycles. The summed E-state index contributed by atoms with van der Waals surface area (Å²) >= 11 is 0. The number of benzene rings is 4. The molecular weight excluding hydrogens is 464 g/mol. The topological polar surface area (TPSA) is 105 Å². The van der Waals surface area contributed by atoms with Crippen LogP contribution in [-0.4, -0.2) is 26.5 Å². The Bertz CT molecular complexity index is 1710. The summed E-state index contributed by atoms with van der Waals surface area (Å²) in [4.78, 5) is 17.7. The van der Waals surface area contributed by atoms with E-state index in [4.69, 9.17) is 9.40 Å². The van der Waals surface area contributed by atoms with E-state index in [0.29, 0.717) is 27.9 Å². The Kier molecular flexibility index (Phi) is 5.78. The highest BCUT2D eigenvalue weighted by atomic mass is 32.2. The molecule has 1 aliphatic carbocycles. The number of fused-ring (bicyclic) bond motifs is 4. The van der Waals surface area contributed by atoms with E-state index in [1.54, 1.807) is 12.1 Å². The molecule has 0 atom stereocenters. The molecule has 8 nitrogen and oxygen atoms in total. The number of anilines is 1. The predicted octanol–water partition coefficient (Wildman–Crippen LogP) is 5.62. The first-order valence-electron chi connectivity index (χ1n) is 11.2. The van der Waals surface area contributed by atoms with E-state index >= 15 is 0 Å². The highest BCUT2D eigenvalue weighted by molar-refractivity contribution is 7.90. The summed E-state index contributed by atoms with van der Waals surface area (Å²) in [5, 5.41) is 4.42. The van der Waals surface area contributed by atoms with Gasteiger partial charge in [-0.25, -0.2) is 4.98 Å². The average molecular weight is 487 g/mol. The standard InChI is InChI=1S/C26H22N4O4S/c1-3-30(4-2)18-11-14-22-24(15-18)34-25-16-23(20-7-5-6-8-21(20)26(25)27-22)29-35(32,33)19-12-9-17(28-31)10-13-19/h5-16H,3-4H2,1-2H3. The third kappa shape index (κ3) is 4.15. The van der Waals surface area contributed by atoms with Crippen LogP contribution in [0.3, 0.4) is 0 Å². The quantitative estimate of drug-likeness (QED) is 0.175. The van der Waals surface area contributed by atoms with E-state index in [1.807, 2.05) is 36.4 Å². The van der Waals surface area contributed by atoms with Crippen molar-refractivity contribution in [2.24, 2.45) is 9.57 Å². The summed E-state index contributed by atoms with van der Waals surface area (Å²) < 4.78 is 36.5. The zero-order valence-electron chi connectivity index (χ0n) is 19.2. The predicted molar refractivity (Wildman–Crippen MR) is 136 cm³/mol. The molecule has 3 aromatic carbocycles. The van der Waals surface area contributed by atoms with Crippen LogP contribution in [0.1, 0.15) is 13.8 Å². The Morgan fingerprint density at radius 1 is 0.914 bits per heavy atom. The van der Waals surface area contributed by atoms with Crippen molar-refractivity contribution in [3.63, 3.8) is 0 Å². The number of sulfonamides is 1. The van der Waals surface area contributed by atoms with Gasteiger partial charge in [0.05, 0.1) is 10.3 Å². The summed E-state index contributed by atoms with van der Waals surface area (Å²) in [7, 11) is -4.05. The molecule has 35 heavy (non-hydrogen) atoms. The summed E-state index contributed by atoms with van der Waals surface area (Å²) in [6, 6.07) is 20.2. The van der Waals surface area contributed by atoms with Gasteiger partial charge in [-0.05, 0) is 55.4 Å². The Hall–Kier alpha value is -4.11. The van der Waals surface area contributed by atoms with Gasteiger partial charge in [-0.2, -0.15) is 12.8 Å². The van der Waals surface area contributed by atoms with Gasteiger partial charge in [-0.15, -0.1) is 4.91 Å². The number of hydrogen-bond donors (Lipinski definition) is 0. The van der Waals surface area contributed by atoms with Crippen molar-refractivity contribution in [1.82, 2.24) is 4.98 Å². The molecule has 0 radical (unpaired) electrons. The fourth-order valence-electron chi connectivity index (χ4n) is 4.15. The molecule has 1 aliphatic heterocycles. The molecule has 0 spiro atoms. The third-order valence-electron chi connectivity index (χ3n) is 5.94. The van der Waals surface area contributed by atoms with Crippen LogP contribution >= 0.6 is 0 Å². The summed E-state index contributed by atoms with van der Waals surface area (Å²) in [5.74, 6) is 0.433. The Morgan fingerprint density at radius 3 is 2.31 bits per heavy atom. The maximum Gasteiger partial charge on any atom is 0.282 e. The molecule has 0 N–H and O–H groups in total. The molecule has 5 rings (SSSR count). The number of nitrogens with zero attached hydrogens (tertiary/aromatic N) is 4. The molecule has 1 heterocycles. The van der Waals surface area contributed by atoms with Crippen molar-refractivity contribution >= 4 is 43.3 Å². The second kappa shape index (κ2) is 8.92. The minimum Gasteiger partial charge on any atom is -0.453 e. The zero-order valence-corrected chi connectivity index (χ0v) is 20.0. The van der Waals surface area contributed by atoms with E-state index < -0.39 is 10.0 Å². The first-order chi connectivity index (χ1) is 16.9. The molecule has 0 bridgehead atoms. The van der Waals surface area contributed by atoms with Gasteiger partial charge in [0.1, 0.15) is 16.9 Å². The summed E-state index contributed by atoms with van der Waals surface area (Å²) in [6.07, 6.45) is 0. The van der Waals surface area contributed by atoms with Gasteiger partial charge in [0.2, 0.25) is 0 Å². The van der Waals surface area contributed by atoms with E-state index in [9.17, 15) is 13.3 Å². The van der Waals surface area contributed by atoms with E-state index in [-0.39, 0.29) is 15.9 Å². The van der Waals surface area contributed by atoms with Gasteiger partial charge < -0.3 is 9.32 Å². The third-order valence-corrected chi connectivity index (χ3v) is 7.25. The molecule has 0 fully saturated rings. The lowest BCUT2D eigenvalue weighted by atomic mass is 10.0. The van der Waals surface area contributed by atoms with Crippen LogP contribution in [0.25, 0.3) is 33.3 Å². The normalized spacial score (nSPS) is 12.5. The number of aromatic nitrogens is 1. The second-order valence-corrected chi connectivity index (χ2v) is 9.58. The lowest BCUT2D eigenvalue weighted by Crippen LogP contribution is -2.21. The van der Waals surface area contributed by atoms with Gasteiger partial charge in [0.25, 0.3) is 10.0 Å². The first-order valence-corrected chi connectivity index (χ1v) is 12.6. The lowest BCUT2D eigenvalue weighted by molar-refractivity contribution is 0.596. The van der Waals surface area contributed by atoms with Crippen LogP contribution in [0.15, 0.2) is 91.7 Å². The smallest absolute Gasteiger partial charge is 0.282 e. The van der Waals surface area contributed by atoms with Gasteiger partial charge in [-0.1, -0.05) is 24.3 Å². The van der Waals surface area contributed by atoms with Crippen LogP contribution in [0.4, 0.5) is 11.4 Å². The van der Waals surface area contributed by atoms with E-state index in [1.165, 1.54) is 24.3 Å². The monoisotopic (exact) mass is 486 g/mol. The van der Waals surface area contributed by atoms with Crippen LogP contribution in [-0.2, 0) is 10.0 Å². The second-order valence-electron chi connectivity index (χ2n) is 7.98. The van der Waals surface area contributed by atoms with Gasteiger partial charge >= 0.3 is 0 Å². The molecule has 0 unspecified atom stereocenters. The Morgan fingerprint density at radius 2 is 1.63 bits per heavy atom. The molecule has 0 amide bonds. The number of hydrogen-bond acceptors (Lipinski definition) is 7. The fourth-order valence-corrected chi connectivity index (χ4v) is 5.14. The van der Waals surface area contributed by atoms with E-state index in [0.717, 1.165) is 24.2 Å². The van der Waals surface area contributed by atoms with Gasteiger partial charge in [0, 0.05) is 41.7 Å². The first kappa shape index (κ1) is 22.7. The van der Waals surface area contributed by atoms with Crippen molar-refractivity contribution in [2.75, 3.05) is 18.0 Å². The van der Waals surface area contributed by atoms with Crippen LogP contribution in [0.2, 0.25) is 0 Å². The minimum atomic E-state index is -4.05. The maximum atomic E-state index is 13.1. The molecule has 3 aromatic rings. The summed E-state index contributed by atoms with van der Waals surface area (Å²) in [5.41, 5.74) is 3.10. The fraction of sp³-hybridized carbons (Fsp3) is 0.154.